The van der Waals surface area contributed by atoms with Gasteiger partial charge in [-0.2, -0.15) is 0 Å². The minimum atomic E-state index is 0.528. The molecule has 3 nitrogen and oxygen atoms in total. The SMILES string of the molecule is c1cc(N[C@H]2CCNC2)c2occc2c1. The Balaban J connectivity index is 1.92. The Kier molecular flexibility index (Phi) is 2.10. The van der Waals surface area contributed by atoms with Crippen LogP contribution >= 0.6 is 0 Å². The van der Waals surface area contributed by atoms with Crippen molar-refractivity contribution in [1.29, 1.82) is 0 Å². The van der Waals surface area contributed by atoms with E-state index in [0.717, 1.165) is 29.7 Å². The Hall–Kier alpha value is -1.48. The molecule has 1 saturated heterocycles. The predicted octanol–water partition coefficient (Wildman–Crippen LogP) is 2.21. The van der Waals surface area contributed by atoms with Gasteiger partial charge in [0.25, 0.3) is 0 Å². The second-order valence-electron chi connectivity index (χ2n) is 3.98. The molecule has 1 fully saturated rings. The van der Waals surface area contributed by atoms with Gasteiger partial charge in [-0.1, -0.05) is 12.1 Å². The van der Waals surface area contributed by atoms with E-state index in [4.69, 9.17) is 4.42 Å². The zero-order valence-corrected chi connectivity index (χ0v) is 8.49. The van der Waals surface area contributed by atoms with Crippen LogP contribution in [0.15, 0.2) is 34.9 Å². The largest absolute Gasteiger partial charge is 0.462 e. The summed E-state index contributed by atoms with van der Waals surface area (Å²) in [6.07, 6.45) is 2.92. The molecule has 1 aliphatic heterocycles. The molecule has 0 saturated carbocycles. The molecule has 1 aromatic heterocycles. The molecule has 78 valence electrons. The fourth-order valence-corrected chi connectivity index (χ4v) is 2.10. The number of hydrogen-bond acceptors (Lipinski definition) is 3. The number of anilines is 1. The van der Waals surface area contributed by atoms with E-state index in [1.165, 1.54) is 6.42 Å². The van der Waals surface area contributed by atoms with Gasteiger partial charge in [0.2, 0.25) is 0 Å². The molecule has 2 heterocycles. The summed E-state index contributed by atoms with van der Waals surface area (Å²) >= 11 is 0. The van der Waals surface area contributed by atoms with Gasteiger partial charge in [-0.15, -0.1) is 0 Å². The van der Waals surface area contributed by atoms with Crippen molar-refractivity contribution in [3.8, 4) is 0 Å². The normalized spacial score (nSPS) is 20.9. The highest BCUT2D eigenvalue weighted by molar-refractivity contribution is 5.89. The van der Waals surface area contributed by atoms with Crippen LogP contribution in [0.2, 0.25) is 0 Å². The minimum Gasteiger partial charge on any atom is -0.462 e. The fraction of sp³-hybridized carbons (Fsp3) is 0.333. The first-order valence-corrected chi connectivity index (χ1v) is 5.37. The second-order valence-corrected chi connectivity index (χ2v) is 3.98. The lowest BCUT2D eigenvalue weighted by atomic mass is 10.2. The zero-order chi connectivity index (χ0) is 10.1. The molecule has 0 bridgehead atoms. The monoisotopic (exact) mass is 202 g/mol. The Morgan fingerprint density at radius 3 is 3.20 bits per heavy atom. The predicted molar refractivity (Wildman–Crippen MR) is 61.1 cm³/mol. The van der Waals surface area contributed by atoms with Crippen molar-refractivity contribution >= 4 is 16.7 Å². The van der Waals surface area contributed by atoms with E-state index in [9.17, 15) is 0 Å². The molecule has 3 rings (SSSR count). The molecule has 1 atom stereocenters. The lowest BCUT2D eigenvalue weighted by Crippen LogP contribution is -2.22. The van der Waals surface area contributed by atoms with Crippen molar-refractivity contribution in [1.82, 2.24) is 5.32 Å². The van der Waals surface area contributed by atoms with E-state index in [0.29, 0.717) is 6.04 Å². The fourth-order valence-electron chi connectivity index (χ4n) is 2.10. The smallest absolute Gasteiger partial charge is 0.156 e. The summed E-state index contributed by atoms with van der Waals surface area (Å²) in [5.41, 5.74) is 2.07. The quantitative estimate of drug-likeness (QED) is 0.784. The third-order valence-electron chi connectivity index (χ3n) is 2.90. The van der Waals surface area contributed by atoms with Crippen LogP contribution in [-0.4, -0.2) is 19.1 Å². The molecule has 15 heavy (non-hydrogen) atoms. The van der Waals surface area contributed by atoms with Crippen LogP contribution in [-0.2, 0) is 0 Å². The molecule has 0 radical (unpaired) electrons. The van der Waals surface area contributed by atoms with Crippen LogP contribution in [0, 0.1) is 0 Å². The number of hydrogen-bond donors (Lipinski definition) is 2. The van der Waals surface area contributed by atoms with Crippen molar-refractivity contribution in [2.45, 2.75) is 12.5 Å². The molecular weight excluding hydrogens is 188 g/mol. The number of fused-ring (bicyclic) bond motifs is 1. The maximum atomic E-state index is 5.48. The molecule has 2 N–H and O–H groups in total. The summed E-state index contributed by atoms with van der Waals surface area (Å²) in [5, 5.41) is 8.01. The summed E-state index contributed by atoms with van der Waals surface area (Å²) in [7, 11) is 0. The van der Waals surface area contributed by atoms with E-state index >= 15 is 0 Å². The highest BCUT2D eigenvalue weighted by Crippen LogP contribution is 2.25. The number of nitrogens with one attached hydrogen (secondary N) is 2. The Morgan fingerprint density at radius 2 is 2.33 bits per heavy atom. The number of benzene rings is 1. The van der Waals surface area contributed by atoms with Crippen molar-refractivity contribution < 1.29 is 4.42 Å². The van der Waals surface area contributed by atoms with Gasteiger partial charge in [0.15, 0.2) is 5.58 Å². The topological polar surface area (TPSA) is 37.2 Å². The van der Waals surface area contributed by atoms with Crippen LogP contribution in [0.1, 0.15) is 6.42 Å². The van der Waals surface area contributed by atoms with E-state index in [1.54, 1.807) is 6.26 Å². The van der Waals surface area contributed by atoms with Crippen LogP contribution < -0.4 is 10.6 Å². The first-order chi connectivity index (χ1) is 7.43. The van der Waals surface area contributed by atoms with Crippen LogP contribution in [0.4, 0.5) is 5.69 Å². The zero-order valence-electron chi connectivity index (χ0n) is 8.49. The van der Waals surface area contributed by atoms with E-state index in [1.807, 2.05) is 6.07 Å². The van der Waals surface area contributed by atoms with E-state index in [-0.39, 0.29) is 0 Å². The van der Waals surface area contributed by atoms with Gasteiger partial charge in [-0.25, -0.2) is 0 Å². The summed E-state index contributed by atoms with van der Waals surface area (Å²) in [4.78, 5) is 0. The standard InChI is InChI=1S/C12H14N2O/c1-2-9-5-7-15-12(9)11(3-1)14-10-4-6-13-8-10/h1-3,5,7,10,13-14H,4,6,8H2/t10-/m0/s1. The lowest BCUT2D eigenvalue weighted by molar-refractivity contribution is 0.615. The van der Waals surface area contributed by atoms with Crippen LogP contribution in [0.3, 0.4) is 0 Å². The van der Waals surface area contributed by atoms with Gasteiger partial charge in [0.1, 0.15) is 0 Å². The Morgan fingerprint density at radius 1 is 1.33 bits per heavy atom. The van der Waals surface area contributed by atoms with E-state index < -0.39 is 0 Å². The molecule has 3 heteroatoms. The van der Waals surface area contributed by atoms with Crippen molar-refractivity contribution in [3.63, 3.8) is 0 Å². The molecule has 2 aromatic rings. The first-order valence-electron chi connectivity index (χ1n) is 5.37. The number of rotatable bonds is 2. The third kappa shape index (κ3) is 1.59. The molecule has 0 aliphatic carbocycles. The first kappa shape index (κ1) is 8.80. The second kappa shape index (κ2) is 3.59. The van der Waals surface area contributed by atoms with Gasteiger partial charge in [0, 0.05) is 18.0 Å². The number of furan rings is 1. The minimum absolute atomic E-state index is 0.528. The third-order valence-corrected chi connectivity index (χ3v) is 2.90. The maximum absolute atomic E-state index is 5.48. The molecule has 0 unspecified atom stereocenters. The van der Waals surface area contributed by atoms with Gasteiger partial charge in [0.05, 0.1) is 12.0 Å². The maximum Gasteiger partial charge on any atom is 0.156 e. The summed E-state index contributed by atoms with van der Waals surface area (Å²) in [6.45, 7) is 2.14. The van der Waals surface area contributed by atoms with E-state index in [2.05, 4.69) is 28.8 Å². The molecule has 0 spiro atoms. The highest BCUT2D eigenvalue weighted by Gasteiger charge is 2.15. The highest BCUT2D eigenvalue weighted by atomic mass is 16.3. The van der Waals surface area contributed by atoms with Gasteiger partial charge in [-0.05, 0) is 25.1 Å². The number of para-hydroxylation sites is 1. The van der Waals surface area contributed by atoms with Crippen LogP contribution in [0.25, 0.3) is 11.0 Å². The Labute approximate surface area is 88.5 Å². The molecule has 0 amide bonds. The van der Waals surface area contributed by atoms with Crippen molar-refractivity contribution in [2.24, 2.45) is 0 Å². The van der Waals surface area contributed by atoms with Gasteiger partial charge >= 0.3 is 0 Å². The van der Waals surface area contributed by atoms with Gasteiger partial charge in [-0.3, -0.25) is 0 Å². The molecular formula is C12H14N2O. The van der Waals surface area contributed by atoms with Crippen molar-refractivity contribution in [3.05, 3.63) is 30.5 Å². The molecule has 1 aromatic carbocycles. The summed E-state index contributed by atoms with van der Waals surface area (Å²) in [5.74, 6) is 0. The van der Waals surface area contributed by atoms with Gasteiger partial charge < -0.3 is 15.1 Å². The van der Waals surface area contributed by atoms with Crippen molar-refractivity contribution in [2.75, 3.05) is 18.4 Å². The molecule has 1 aliphatic rings. The summed E-state index contributed by atoms with van der Waals surface area (Å²) < 4.78 is 5.48. The Bertz CT molecular complexity index is 457. The average Bonchev–Trinajstić information content (AvgIpc) is 2.87. The summed E-state index contributed by atoms with van der Waals surface area (Å²) in [6, 6.07) is 8.72. The lowest BCUT2D eigenvalue weighted by Gasteiger charge is -2.12. The van der Waals surface area contributed by atoms with Crippen LogP contribution in [0.5, 0.6) is 0 Å². The average molecular weight is 202 g/mol.